The van der Waals surface area contributed by atoms with Crippen LogP contribution in [0.4, 0.5) is 4.39 Å². The van der Waals surface area contributed by atoms with Gasteiger partial charge in [-0.2, -0.15) is 4.31 Å². The second-order valence-corrected chi connectivity index (χ2v) is 42.9. The zero-order valence-electron chi connectivity index (χ0n) is 79.4. The Kier molecular flexibility index (Phi) is 27.3. The van der Waals surface area contributed by atoms with Gasteiger partial charge in [0.1, 0.15) is 44.7 Å². The molecule has 0 bridgehead atoms. The van der Waals surface area contributed by atoms with Crippen molar-refractivity contribution in [2.75, 3.05) is 72.0 Å². The van der Waals surface area contributed by atoms with Crippen LogP contribution in [0.1, 0.15) is 133 Å². The number of nitrogens with one attached hydrogen (secondary N) is 1. The van der Waals surface area contributed by atoms with Gasteiger partial charge in [0.2, 0.25) is 43.7 Å². The number of aromatic nitrogens is 2. The molecule has 0 spiro atoms. The van der Waals surface area contributed by atoms with E-state index in [1.807, 2.05) is 224 Å². The molecule has 14 aromatic rings. The van der Waals surface area contributed by atoms with E-state index in [1.54, 1.807) is 107 Å². The van der Waals surface area contributed by atoms with Gasteiger partial charge in [0.05, 0.1) is 17.9 Å². The highest BCUT2D eigenvalue weighted by molar-refractivity contribution is 7.89. The molecular formula is C112H95Cl5FN13O14S2. The number of fused-ring (bicyclic) bond motifs is 11. The summed E-state index contributed by atoms with van der Waals surface area (Å²) in [6.45, 7) is 7.01. The monoisotopic (exact) mass is 2100 g/mol. The molecule has 2 aromatic heterocycles. The highest BCUT2D eigenvalue weighted by Gasteiger charge is 2.62. The molecule has 24 rings (SSSR count). The molecule has 746 valence electrons. The first-order chi connectivity index (χ1) is 70.8. The van der Waals surface area contributed by atoms with Gasteiger partial charge >= 0.3 is 0 Å². The number of carbonyl (C=O) groups excluding carboxylic acids is 9. The topological polar surface area (TPSA) is 305 Å². The molecule has 12 aromatic carbocycles. The Bertz CT molecular complexity index is 7830. The number of rotatable bonds is 14. The minimum absolute atomic E-state index is 0.0109. The maximum absolute atomic E-state index is 13.8. The molecule has 12 heterocycles. The predicted octanol–water partition coefficient (Wildman–Crippen LogP) is 17.4. The minimum atomic E-state index is -4.04. The Morgan fingerprint density at radius 3 is 1.05 bits per heavy atom. The lowest BCUT2D eigenvalue weighted by molar-refractivity contribution is -0.139. The molecule has 10 aliphatic rings. The predicted molar refractivity (Wildman–Crippen MR) is 552 cm³/mol. The van der Waals surface area contributed by atoms with Crippen LogP contribution in [-0.2, 0) is 106 Å². The molecular weight excluding hydrogens is 2010 g/mol. The van der Waals surface area contributed by atoms with Crippen molar-refractivity contribution >= 4 is 142 Å². The van der Waals surface area contributed by atoms with E-state index < -0.39 is 66.6 Å². The molecule has 35 heteroatoms. The summed E-state index contributed by atoms with van der Waals surface area (Å²) in [5.74, 6) is -1.57. The number of halogens is 6. The quantitative estimate of drug-likeness (QED) is 0.106. The van der Waals surface area contributed by atoms with Crippen molar-refractivity contribution in [2.24, 2.45) is 0 Å². The van der Waals surface area contributed by atoms with Gasteiger partial charge < -0.3 is 48.6 Å². The highest BCUT2D eigenvalue weighted by Crippen LogP contribution is 2.53. The van der Waals surface area contributed by atoms with Crippen LogP contribution in [0.15, 0.2) is 330 Å². The zero-order chi connectivity index (χ0) is 103. The van der Waals surface area contributed by atoms with Crippen LogP contribution < -0.4 is 4.72 Å². The second-order valence-electron chi connectivity index (χ2n) is 37.1. The van der Waals surface area contributed by atoms with E-state index in [9.17, 15) is 64.4 Å². The number of para-hydroxylation sites is 1. The fourth-order valence-corrected chi connectivity index (χ4v) is 26.1. The van der Waals surface area contributed by atoms with E-state index in [0.29, 0.717) is 155 Å². The van der Waals surface area contributed by atoms with E-state index >= 15 is 0 Å². The van der Waals surface area contributed by atoms with Crippen molar-refractivity contribution in [2.45, 2.75) is 96.9 Å². The van der Waals surface area contributed by atoms with Crippen molar-refractivity contribution in [1.82, 2.24) is 63.3 Å². The van der Waals surface area contributed by atoms with Gasteiger partial charge in [-0.3, -0.25) is 48.1 Å². The number of amides is 9. The van der Waals surface area contributed by atoms with E-state index in [4.69, 9.17) is 62.5 Å². The third-order valence-corrected chi connectivity index (χ3v) is 34.0. The Balaban J connectivity index is 0.000000112. The summed E-state index contributed by atoms with van der Waals surface area (Å²) < 4.78 is 75.0. The Hall–Kier alpha value is -14.3. The summed E-state index contributed by atoms with van der Waals surface area (Å²) in [5, 5.41) is 7.92. The maximum atomic E-state index is 13.8. The van der Waals surface area contributed by atoms with Crippen LogP contribution in [0.2, 0.25) is 25.1 Å². The summed E-state index contributed by atoms with van der Waals surface area (Å²) in [6.07, 6.45) is 5.80. The Labute approximate surface area is 872 Å². The third-order valence-electron chi connectivity index (χ3n) is 29.4. The van der Waals surface area contributed by atoms with Crippen molar-refractivity contribution < 1.29 is 68.9 Å². The maximum Gasteiger partial charge on any atom is 0.256 e. The zero-order valence-corrected chi connectivity index (χ0v) is 84.8. The van der Waals surface area contributed by atoms with Gasteiger partial charge in [0, 0.05) is 182 Å². The summed E-state index contributed by atoms with van der Waals surface area (Å²) in [5.41, 5.74) is 8.53. The largest absolute Gasteiger partial charge is 0.356 e. The van der Waals surface area contributed by atoms with Gasteiger partial charge in [-0.25, -0.2) is 25.9 Å². The van der Waals surface area contributed by atoms with Crippen molar-refractivity contribution in [3.05, 3.63) is 436 Å². The summed E-state index contributed by atoms with van der Waals surface area (Å²) >= 11 is 30.5. The van der Waals surface area contributed by atoms with Crippen LogP contribution in [0, 0.1) is 5.82 Å². The van der Waals surface area contributed by atoms with Gasteiger partial charge in [-0.05, 0) is 195 Å². The number of sulfonamides is 2. The highest BCUT2D eigenvalue weighted by atomic mass is 35.5. The fourth-order valence-electron chi connectivity index (χ4n) is 22.8. The normalized spacial score (nSPS) is 20.8. The molecule has 9 amide bonds. The number of hydrogen-bond acceptors (Lipinski definition) is 16. The summed E-state index contributed by atoms with van der Waals surface area (Å²) in [4.78, 5) is 139. The molecule has 0 radical (unpaired) electrons. The van der Waals surface area contributed by atoms with Crippen molar-refractivity contribution in [3.8, 4) is 0 Å². The first-order valence-electron chi connectivity index (χ1n) is 47.9. The molecule has 5 fully saturated rings. The Morgan fingerprint density at radius 2 is 0.680 bits per heavy atom. The lowest BCUT2D eigenvalue weighted by Gasteiger charge is -2.47. The molecule has 5 saturated heterocycles. The molecule has 10 aliphatic heterocycles. The van der Waals surface area contributed by atoms with Crippen LogP contribution in [0.3, 0.4) is 0 Å². The number of benzene rings is 12. The third kappa shape index (κ3) is 17.6. The molecule has 5 atom stereocenters. The van der Waals surface area contributed by atoms with Crippen LogP contribution in [0.25, 0.3) is 11.0 Å². The number of carbonyl (C=O) groups is 9. The molecule has 0 saturated carbocycles. The van der Waals surface area contributed by atoms with Crippen LogP contribution in [-0.4, -0.2) is 201 Å². The Morgan fingerprint density at radius 1 is 0.361 bits per heavy atom. The number of nitrogens with zero attached hydrogens (tertiary/aromatic N) is 12. The van der Waals surface area contributed by atoms with E-state index in [1.165, 1.54) is 22.8 Å². The van der Waals surface area contributed by atoms with Crippen LogP contribution >= 0.6 is 58.0 Å². The fraction of sp³-hybridized carbons (Fsp3) is 0.223. The molecule has 147 heavy (non-hydrogen) atoms. The van der Waals surface area contributed by atoms with Gasteiger partial charge in [-0.1, -0.05) is 234 Å². The lowest BCUT2D eigenvalue weighted by atomic mass is 9.83. The SMILES string of the molecule is CC(=O)N1CCN2C(=O)c3ccccc3CC12c1ccc(Cl)cc1.CCC(=O)N1CCN2C(=O)c3ccccc3CC12c1ccc(Cl)cc1.O=C(CNS(=O)(=O)c1ccc(F)cc1)N1CCN2C(=O)c3ccccc3CC12c1ccc(Cl)cc1.O=C(Cc1noc2ccccc12)N1CCN2C(=O)c3ccccc3CC12c1ccc(Cl)cc1.O=C1c2ccccc2CC2(c3ccc(Cl)cc3)N1CCN2S(=O)(=O)c1cccnc1. The smallest absolute Gasteiger partial charge is 0.256 e. The summed E-state index contributed by atoms with van der Waals surface area (Å²) in [6, 6.07) is 89.0. The van der Waals surface area contributed by atoms with Gasteiger partial charge in [0.25, 0.3) is 29.5 Å². The summed E-state index contributed by atoms with van der Waals surface area (Å²) in [7, 11) is -7.95. The first-order valence-corrected chi connectivity index (χ1v) is 52.7. The standard InChI is InChI=1S/C26H20ClN3O3.C25H21ClFN3O4S.C22H18ClN3O3S.C20H19ClN2O2.C19H17ClN2O2/c27-19-11-9-18(10-12-19)26-16-17-5-1-2-6-20(17)25(32)30(26)14-13-29(26)24(31)15-22-21-7-3-4-8-23(21)33-28-22;26-19-7-5-18(6-8-19)25-15-17-3-1-2-4-22(17)24(32)30(25)14-13-29(25)23(31)16-28-35(33,34)21-11-9-20(27)10-12-21;23-18-9-7-17(8-10-18)22-14-16-4-1-2-6-20(16)21(27)25(22)12-13-26(22)30(28,29)19-5-3-11-24-15-19;1-2-18(24)22-11-12-23-19(25)17-6-4-3-5-14(17)13-20(22,23)15-7-9-16(21)10-8-15;1-13(23)21-10-11-22-18(24)17-5-3-2-4-14(17)12-19(21,22)15-6-8-16(20)9-7-15/h1-12H,13-16H2;1-12,28H,13-16H2;1-11,15H,12-14H2;3-10H,2,11-13H2,1H3;2-9H,10-12H2,1H3. The van der Waals surface area contributed by atoms with Gasteiger partial charge in [-0.15, -0.1) is 0 Å². The minimum Gasteiger partial charge on any atom is -0.356 e. The van der Waals surface area contributed by atoms with E-state index in [2.05, 4.69) is 14.9 Å². The number of pyridine rings is 1. The van der Waals surface area contributed by atoms with E-state index in [-0.39, 0.29) is 76.6 Å². The molecule has 27 nitrogen and oxygen atoms in total. The van der Waals surface area contributed by atoms with Crippen LogP contribution in [0.5, 0.6) is 0 Å². The average Bonchev–Trinajstić information content (AvgIpc) is 1.57. The van der Waals surface area contributed by atoms with E-state index in [0.717, 1.165) is 85.3 Å². The second kappa shape index (κ2) is 40.1. The average molecular weight is 2110 g/mol. The molecule has 5 unspecified atom stereocenters. The van der Waals surface area contributed by atoms with Crippen molar-refractivity contribution in [1.29, 1.82) is 0 Å². The molecule has 1 N–H and O–H groups in total. The van der Waals surface area contributed by atoms with Gasteiger partial charge in [0.15, 0.2) is 5.58 Å². The first kappa shape index (κ1) is 100. The van der Waals surface area contributed by atoms with Crippen molar-refractivity contribution in [3.63, 3.8) is 0 Å². The molecule has 0 aliphatic carbocycles. The number of hydrogen-bond donors (Lipinski definition) is 1. The lowest BCUT2D eigenvalue weighted by Crippen LogP contribution is -2.59.